The maximum atomic E-state index is 12.2. The van der Waals surface area contributed by atoms with Crippen LogP contribution >= 0.6 is 0 Å². The van der Waals surface area contributed by atoms with E-state index in [0.717, 1.165) is 24.0 Å². The Morgan fingerprint density at radius 3 is 2.55 bits per heavy atom. The molecule has 0 heterocycles. The Morgan fingerprint density at radius 2 is 2.00 bits per heavy atom. The van der Waals surface area contributed by atoms with Crippen LogP contribution in [-0.4, -0.2) is 25.0 Å². The van der Waals surface area contributed by atoms with E-state index in [-0.39, 0.29) is 18.1 Å². The Labute approximate surface area is 131 Å². The lowest BCUT2D eigenvalue weighted by Gasteiger charge is -2.35. The van der Waals surface area contributed by atoms with Crippen molar-refractivity contribution >= 4 is 11.8 Å². The van der Waals surface area contributed by atoms with E-state index < -0.39 is 11.3 Å². The zero-order chi connectivity index (χ0) is 16.5. The van der Waals surface area contributed by atoms with Crippen molar-refractivity contribution in [3.63, 3.8) is 0 Å². The standard InChI is InChI=1S/C17H24N2O3/c1-17(2,3)16(21)19-13-8-6-10-9-11(15(18)20)5-7-12(10)14(13)22-4/h5,7,9,13-14H,6,8H2,1-4H3,(H2,18,20)(H,19,21). The van der Waals surface area contributed by atoms with Gasteiger partial charge in [0.15, 0.2) is 0 Å². The van der Waals surface area contributed by atoms with Gasteiger partial charge in [0.1, 0.15) is 6.10 Å². The molecule has 5 heteroatoms. The van der Waals surface area contributed by atoms with Crippen molar-refractivity contribution < 1.29 is 14.3 Å². The Hall–Kier alpha value is -1.88. The third-order valence-electron chi connectivity index (χ3n) is 4.08. The lowest BCUT2D eigenvalue weighted by molar-refractivity contribution is -0.130. The van der Waals surface area contributed by atoms with Crippen LogP contribution in [0.3, 0.4) is 0 Å². The fourth-order valence-electron chi connectivity index (χ4n) is 2.76. The van der Waals surface area contributed by atoms with E-state index in [4.69, 9.17) is 10.5 Å². The van der Waals surface area contributed by atoms with Crippen molar-refractivity contribution in [3.05, 3.63) is 34.9 Å². The van der Waals surface area contributed by atoms with Crippen LogP contribution in [0.5, 0.6) is 0 Å². The lowest BCUT2D eigenvalue weighted by Crippen LogP contribution is -2.46. The van der Waals surface area contributed by atoms with Crippen molar-refractivity contribution in [2.75, 3.05) is 7.11 Å². The van der Waals surface area contributed by atoms with Crippen LogP contribution in [0.15, 0.2) is 18.2 Å². The third kappa shape index (κ3) is 3.30. The van der Waals surface area contributed by atoms with E-state index in [9.17, 15) is 9.59 Å². The zero-order valence-corrected chi connectivity index (χ0v) is 13.6. The number of methoxy groups -OCH3 is 1. The molecule has 2 amide bonds. The topological polar surface area (TPSA) is 81.4 Å². The normalized spacial score (nSPS) is 21.1. The number of hydrogen-bond donors (Lipinski definition) is 2. The average molecular weight is 304 g/mol. The van der Waals surface area contributed by atoms with E-state index in [2.05, 4.69) is 5.32 Å². The number of aryl methyl sites for hydroxylation is 1. The molecule has 22 heavy (non-hydrogen) atoms. The summed E-state index contributed by atoms with van der Waals surface area (Å²) in [5, 5.41) is 3.08. The van der Waals surface area contributed by atoms with E-state index in [1.807, 2.05) is 32.9 Å². The van der Waals surface area contributed by atoms with E-state index in [0.29, 0.717) is 5.56 Å². The number of nitrogens with one attached hydrogen (secondary N) is 1. The van der Waals surface area contributed by atoms with Gasteiger partial charge in [0, 0.05) is 18.1 Å². The molecular formula is C17H24N2O3. The van der Waals surface area contributed by atoms with Gasteiger partial charge in [-0.05, 0) is 36.1 Å². The van der Waals surface area contributed by atoms with Gasteiger partial charge in [-0.2, -0.15) is 0 Å². The molecule has 0 spiro atoms. The van der Waals surface area contributed by atoms with Crippen LogP contribution in [0.2, 0.25) is 0 Å². The van der Waals surface area contributed by atoms with Crippen LogP contribution < -0.4 is 11.1 Å². The Morgan fingerprint density at radius 1 is 1.32 bits per heavy atom. The van der Waals surface area contributed by atoms with Gasteiger partial charge in [0.05, 0.1) is 6.04 Å². The second-order valence-electron chi connectivity index (χ2n) is 6.80. The number of fused-ring (bicyclic) bond motifs is 1. The number of amides is 2. The number of carbonyl (C=O) groups excluding carboxylic acids is 2. The number of benzene rings is 1. The molecule has 2 rings (SSSR count). The Bertz CT molecular complexity index is 590. The highest BCUT2D eigenvalue weighted by molar-refractivity contribution is 5.93. The van der Waals surface area contributed by atoms with Crippen LogP contribution in [0, 0.1) is 5.41 Å². The molecule has 120 valence electrons. The Balaban J connectivity index is 2.25. The van der Waals surface area contributed by atoms with Crippen molar-refractivity contribution in [1.82, 2.24) is 5.32 Å². The van der Waals surface area contributed by atoms with Gasteiger partial charge >= 0.3 is 0 Å². The molecule has 1 aromatic rings. The molecule has 1 aliphatic rings. The second-order valence-corrected chi connectivity index (χ2v) is 6.80. The summed E-state index contributed by atoms with van der Waals surface area (Å²) in [6.07, 6.45) is 1.35. The summed E-state index contributed by atoms with van der Waals surface area (Å²) in [5.74, 6) is -0.420. The summed E-state index contributed by atoms with van der Waals surface area (Å²) in [6, 6.07) is 5.34. The monoisotopic (exact) mass is 304 g/mol. The predicted octanol–water partition coefficient (Wildman–Crippen LogP) is 1.95. The smallest absolute Gasteiger partial charge is 0.248 e. The van der Waals surface area contributed by atoms with Gasteiger partial charge in [-0.3, -0.25) is 9.59 Å². The molecule has 0 saturated carbocycles. The molecule has 0 fully saturated rings. The quantitative estimate of drug-likeness (QED) is 0.895. The van der Waals surface area contributed by atoms with Crippen molar-refractivity contribution in [1.29, 1.82) is 0 Å². The molecular weight excluding hydrogens is 280 g/mol. The SMILES string of the molecule is COC1c2ccc(C(N)=O)cc2CCC1NC(=O)C(C)(C)C. The molecule has 2 atom stereocenters. The molecule has 0 radical (unpaired) electrons. The highest BCUT2D eigenvalue weighted by atomic mass is 16.5. The third-order valence-corrected chi connectivity index (χ3v) is 4.08. The molecule has 2 unspecified atom stereocenters. The van der Waals surface area contributed by atoms with Crippen LogP contribution in [0.1, 0.15) is 54.8 Å². The molecule has 5 nitrogen and oxygen atoms in total. The van der Waals surface area contributed by atoms with E-state index in [1.54, 1.807) is 13.2 Å². The first-order chi connectivity index (χ1) is 10.2. The van der Waals surface area contributed by atoms with E-state index in [1.165, 1.54) is 0 Å². The summed E-state index contributed by atoms with van der Waals surface area (Å²) < 4.78 is 5.61. The first kappa shape index (κ1) is 16.5. The molecule has 1 aliphatic carbocycles. The minimum atomic E-state index is -0.436. The van der Waals surface area contributed by atoms with Crippen molar-refractivity contribution in [2.45, 2.75) is 45.8 Å². The van der Waals surface area contributed by atoms with Gasteiger partial charge < -0.3 is 15.8 Å². The van der Waals surface area contributed by atoms with Crippen LogP contribution in [0.4, 0.5) is 0 Å². The number of ether oxygens (including phenoxy) is 1. The highest BCUT2D eigenvalue weighted by Crippen LogP contribution is 2.33. The second kappa shape index (κ2) is 6.08. The first-order valence-corrected chi connectivity index (χ1v) is 7.50. The van der Waals surface area contributed by atoms with Crippen molar-refractivity contribution in [3.8, 4) is 0 Å². The van der Waals surface area contributed by atoms with E-state index >= 15 is 0 Å². The number of primary amides is 1. The predicted molar refractivity (Wildman–Crippen MR) is 84.4 cm³/mol. The number of nitrogens with two attached hydrogens (primary N) is 1. The first-order valence-electron chi connectivity index (χ1n) is 7.50. The van der Waals surface area contributed by atoms with Gasteiger partial charge in [-0.15, -0.1) is 0 Å². The zero-order valence-electron chi connectivity index (χ0n) is 13.6. The van der Waals surface area contributed by atoms with Gasteiger partial charge in [0.2, 0.25) is 11.8 Å². The number of rotatable bonds is 3. The molecule has 0 aromatic heterocycles. The lowest BCUT2D eigenvalue weighted by atomic mass is 9.84. The average Bonchev–Trinajstić information content (AvgIpc) is 2.45. The Kier molecular flexibility index (Phi) is 4.56. The summed E-state index contributed by atoms with van der Waals surface area (Å²) in [6.45, 7) is 5.67. The fourth-order valence-corrected chi connectivity index (χ4v) is 2.76. The molecule has 3 N–H and O–H groups in total. The molecule has 0 aliphatic heterocycles. The van der Waals surface area contributed by atoms with Gasteiger partial charge in [0.25, 0.3) is 0 Å². The minimum Gasteiger partial charge on any atom is -0.375 e. The fraction of sp³-hybridized carbons (Fsp3) is 0.529. The minimum absolute atomic E-state index is 0.0109. The van der Waals surface area contributed by atoms with Crippen molar-refractivity contribution in [2.24, 2.45) is 11.1 Å². The van der Waals surface area contributed by atoms with Crippen LogP contribution in [0.25, 0.3) is 0 Å². The van der Waals surface area contributed by atoms with Gasteiger partial charge in [-0.25, -0.2) is 0 Å². The number of hydrogen-bond acceptors (Lipinski definition) is 3. The highest BCUT2D eigenvalue weighted by Gasteiger charge is 2.33. The molecule has 0 saturated heterocycles. The largest absolute Gasteiger partial charge is 0.375 e. The summed E-state index contributed by atoms with van der Waals surface area (Å²) in [5.41, 5.74) is 7.47. The summed E-state index contributed by atoms with van der Waals surface area (Å²) >= 11 is 0. The molecule has 1 aromatic carbocycles. The summed E-state index contributed by atoms with van der Waals surface area (Å²) in [7, 11) is 1.64. The maximum Gasteiger partial charge on any atom is 0.248 e. The maximum absolute atomic E-state index is 12.2. The number of carbonyl (C=O) groups is 2. The van der Waals surface area contributed by atoms with Crippen LogP contribution in [-0.2, 0) is 16.0 Å². The van der Waals surface area contributed by atoms with Gasteiger partial charge in [-0.1, -0.05) is 26.8 Å². The molecule has 0 bridgehead atoms. The summed E-state index contributed by atoms with van der Waals surface area (Å²) in [4.78, 5) is 23.5.